The lowest BCUT2D eigenvalue weighted by Gasteiger charge is -2.25. The van der Waals surface area contributed by atoms with Crippen molar-refractivity contribution in [2.75, 3.05) is 32.8 Å². The number of nitrogens with zero attached hydrogens (tertiary/aromatic N) is 4. The number of aryl methyl sites for hydroxylation is 1. The molecule has 0 amide bonds. The van der Waals surface area contributed by atoms with Crippen LogP contribution < -0.4 is 0 Å². The van der Waals surface area contributed by atoms with Crippen molar-refractivity contribution in [3.05, 3.63) is 71.5 Å². The summed E-state index contributed by atoms with van der Waals surface area (Å²) in [7, 11) is 0. The Morgan fingerprint density at radius 2 is 1.69 bits per heavy atom. The van der Waals surface area contributed by atoms with Crippen LogP contribution in [0.2, 0.25) is 0 Å². The number of hydrogen-bond donors (Lipinski definition) is 0. The summed E-state index contributed by atoms with van der Waals surface area (Å²) < 4.78 is 9.65. The molecule has 0 N–H and O–H groups in total. The van der Waals surface area contributed by atoms with E-state index in [4.69, 9.17) is 9.72 Å². The molecule has 1 aliphatic rings. The number of carbonyl (C=O) groups is 1. The third kappa shape index (κ3) is 3.24. The van der Waals surface area contributed by atoms with E-state index in [2.05, 4.69) is 33.7 Å². The first-order chi connectivity index (χ1) is 14.2. The summed E-state index contributed by atoms with van der Waals surface area (Å²) >= 11 is 0. The normalized spacial score (nSPS) is 15.3. The highest BCUT2D eigenvalue weighted by atomic mass is 16.5. The van der Waals surface area contributed by atoms with Gasteiger partial charge in [-0.05, 0) is 24.6 Å². The van der Waals surface area contributed by atoms with Crippen LogP contribution in [0.25, 0.3) is 16.8 Å². The van der Waals surface area contributed by atoms with Crippen molar-refractivity contribution in [2.24, 2.45) is 0 Å². The maximum atomic E-state index is 13.3. The van der Waals surface area contributed by atoms with Gasteiger partial charge in [-0.3, -0.25) is 14.1 Å². The first kappa shape index (κ1) is 18.1. The molecule has 2 aromatic carbocycles. The Balaban J connectivity index is 1.61. The average Bonchev–Trinajstić information content (AvgIpc) is 3.23. The SMILES string of the molecule is Cc1nc2n(Cc3ccccc3)c3ccccc3n2c1C(=O)CN1CCOCC1. The predicted molar refractivity (Wildman–Crippen MR) is 113 cm³/mol. The second-order valence-corrected chi connectivity index (χ2v) is 7.55. The maximum absolute atomic E-state index is 13.3. The molecular formula is C23H24N4O2. The van der Waals surface area contributed by atoms with Gasteiger partial charge in [-0.1, -0.05) is 42.5 Å². The molecule has 0 atom stereocenters. The molecule has 148 valence electrons. The second-order valence-electron chi connectivity index (χ2n) is 7.55. The molecule has 1 fully saturated rings. The van der Waals surface area contributed by atoms with E-state index in [0.717, 1.165) is 35.6 Å². The summed E-state index contributed by atoms with van der Waals surface area (Å²) in [4.78, 5) is 20.3. The van der Waals surface area contributed by atoms with Crippen LogP contribution in [0.4, 0.5) is 0 Å². The summed E-state index contributed by atoms with van der Waals surface area (Å²) in [5, 5.41) is 0. The summed E-state index contributed by atoms with van der Waals surface area (Å²) in [5.74, 6) is 0.928. The van der Waals surface area contributed by atoms with Crippen LogP contribution in [-0.2, 0) is 11.3 Å². The molecule has 6 nitrogen and oxygen atoms in total. The fraction of sp³-hybridized carbons (Fsp3) is 0.304. The minimum absolute atomic E-state index is 0.111. The molecule has 29 heavy (non-hydrogen) atoms. The standard InChI is InChI=1S/C23H24N4O2/c1-17-22(21(28)16-25-11-13-29-14-12-25)27-20-10-6-5-9-19(20)26(23(27)24-17)15-18-7-3-2-4-8-18/h2-10H,11-16H2,1H3. The van der Waals surface area contributed by atoms with Crippen molar-refractivity contribution in [2.45, 2.75) is 13.5 Å². The maximum Gasteiger partial charge on any atom is 0.216 e. The van der Waals surface area contributed by atoms with Crippen LogP contribution in [0.1, 0.15) is 21.7 Å². The number of Topliss-reactive ketones (excluding diaryl/α,β-unsaturated/α-hetero) is 1. The molecule has 5 rings (SSSR count). The van der Waals surface area contributed by atoms with Gasteiger partial charge in [-0.2, -0.15) is 0 Å². The van der Waals surface area contributed by atoms with Crippen molar-refractivity contribution in [3.8, 4) is 0 Å². The summed E-state index contributed by atoms with van der Waals surface area (Å²) in [5.41, 5.74) is 4.78. The van der Waals surface area contributed by atoms with E-state index in [0.29, 0.717) is 32.0 Å². The van der Waals surface area contributed by atoms with Gasteiger partial charge in [0.25, 0.3) is 0 Å². The third-order valence-electron chi connectivity index (χ3n) is 5.61. The minimum atomic E-state index is 0.111. The third-order valence-corrected chi connectivity index (χ3v) is 5.61. The number of rotatable bonds is 5. The fourth-order valence-corrected chi connectivity index (χ4v) is 4.20. The van der Waals surface area contributed by atoms with Gasteiger partial charge >= 0.3 is 0 Å². The zero-order chi connectivity index (χ0) is 19.8. The zero-order valence-electron chi connectivity index (χ0n) is 16.5. The largest absolute Gasteiger partial charge is 0.379 e. The highest BCUT2D eigenvalue weighted by Crippen LogP contribution is 2.26. The number of ether oxygens (including phenoxy) is 1. The van der Waals surface area contributed by atoms with Crippen molar-refractivity contribution < 1.29 is 9.53 Å². The Hall–Kier alpha value is -2.96. The van der Waals surface area contributed by atoms with E-state index in [1.807, 2.05) is 41.7 Å². The number of fused-ring (bicyclic) bond motifs is 3. The summed E-state index contributed by atoms with van der Waals surface area (Å²) in [6, 6.07) is 18.6. The number of benzene rings is 2. The molecule has 0 spiro atoms. The lowest BCUT2D eigenvalue weighted by atomic mass is 10.2. The van der Waals surface area contributed by atoms with E-state index in [1.54, 1.807) is 0 Å². The van der Waals surface area contributed by atoms with Gasteiger partial charge in [0, 0.05) is 13.1 Å². The Morgan fingerprint density at radius 1 is 1.00 bits per heavy atom. The van der Waals surface area contributed by atoms with Gasteiger partial charge in [0.05, 0.1) is 43.0 Å². The number of morpholine rings is 1. The van der Waals surface area contributed by atoms with Crippen LogP contribution in [0.15, 0.2) is 54.6 Å². The molecule has 0 radical (unpaired) electrons. The number of carbonyl (C=O) groups excluding carboxylic acids is 1. The first-order valence-electron chi connectivity index (χ1n) is 10.1. The van der Waals surface area contributed by atoms with Gasteiger partial charge in [-0.25, -0.2) is 4.98 Å². The molecule has 6 heteroatoms. The molecule has 1 saturated heterocycles. The molecule has 0 bridgehead atoms. The van der Waals surface area contributed by atoms with Crippen molar-refractivity contribution in [1.82, 2.24) is 18.9 Å². The number of ketones is 1. The van der Waals surface area contributed by atoms with Gasteiger partial charge in [0.2, 0.25) is 5.78 Å². The van der Waals surface area contributed by atoms with Gasteiger partial charge in [-0.15, -0.1) is 0 Å². The topological polar surface area (TPSA) is 51.8 Å². The molecule has 4 aromatic rings. The van der Waals surface area contributed by atoms with Crippen LogP contribution in [-0.4, -0.2) is 57.5 Å². The Bertz CT molecular complexity index is 1170. The highest BCUT2D eigenvalue weighted by molar-refractivity contribution is 6.00. The zero-order valence-corrected chi connectivity index (χ0v) is 16.5. The highest BCUT2D eigenvalue weighted by Gasteiger charge is 2.24. The van der Waals surface area contributed by atoms with Gasteiger partial charge < -0.3 is 9.30 Å². The van der Waals surface area contributed by atoms with E-state index < -0.39 is 0 Å². The molecule has 1 aliphatic heterocycles. The van der Waals surface area contributed by atoms with Crippen molar-refractivity contribution in [1.29, 1.82) is 0 Å². The fourth-order valence-electron chi connectivity index (χ4n) is 4.20. The van der Waals surface area contributed by atoms with Crippen LogP contribution in [0.3, 0.4) is 0 Å². The van der Waals surface area contributed by atoms with E-state index in [-0.39, 0.29) is 5.78 Å². The van der Waals surface area contributed by atoms with Crippen molar-refractivity contribution in [3.63, 3.8) is 0 Å². The van der Waals surface area contributed by atoms with Crippen molar-refractivity contribution >= 4 is 22.6 Å². The Kier molecular flexibility index (Phi) is 4.66. The summed E-state index contributed by atoms with van der Waals surface area (Å²) in [6.07, 6.45) is 0. The lowest BCUT2D eigenvalue weighted by Crippen LogP contribution is -2.39. The predicted octanol–water partition coefficient (Wildman–Crippen LogP) is 3.16. The molecular weight excluding hydrogens is 364 g/mol. The quantitative estimate of drug-likeness (QED) is 0.493. The second kappa shape index (κ2) is 7.46. The first-order valence-corrected chi connectivity index (χ1v) is 10.1. The van der Waals surface area contributed by atoms with E-state index >= 15 is 0 Å². The number of para-hydroxylation sites is 2. The molecule has 0 saturated carbocycles. The number of hydrogen-bond acceptors (Lipinski definition) is 4. The van der Waals surface area contributed by atoms with Gasteiger partial charge in [0.15, 0.2) is 5.78 Å². The monoisotopic (exact) mass is 388 g/mol. The Morgan fingerprint density at radius 3 is 2.45 bits per heavy atom. The van der Waals surface area contributed by atoms with Crippen LogP contribution in [0.5, 0.6) is 0 Å². The smallest absolute Gasteiger partial charge is 0.216 e. The number of aromatic nitrogens is 3. The number of imidazole rings is 2. The van der Waals surface area contributed by atoms with E-state index in [1.165, 1.54) is 5.56 Å². The Labute approximate surface area is 169 Å². The molecule has 2 aromatic heterocycles. The van der Waals surface area contributed by atoms with E-state index in [9.17, 15) is 4.79 Å². The van der Waals surface area contributed by atoms with Crippen LogP contribution >= 0.6 is 0 Å². The molecule has 3 heterocycles. The lowest BCUT2D eigenvalue weighted by molar-refractivity contribution is 0.0370. The summed E-state index contributed by atoms with van der Waals surface area (Å²) in [6.45, 7) is 6.00. The van der Waals surface area contributed by atoms with Gasteiger partial charge in [0.1, 0.15) is 5.69 Å². The minimum Gasteiger partial charge on any atom is -0.379 e. The molecule has 0 unspecified atom stereocenters. The van der Waals surface area contributed by atoms with Crippen LogP contribution in [0, 0.1) is 6.92 Å². The molecule has 0 aliphatic carbocycles. The average molecular weight is 388 g/mol.